The molecule has 82 valence electrons. The van der Waals surface area contributed by atoms with Gasteiger partial charge in [0.25, 0.3) is 0 Å². The van der Waals surface area contributed by atoms with Gasteiger partial charge in [-0.05, 0) is 31.5 Å². The predicted octanol–water partition coefficient (Wildman–Crippen LogP) is 2.13. The van der Waals surface area contributed by atoms with Crippen LogP contribution in [-0.4, -0.2) is 23.1 Å². The van der Waals surface area contributed by atoms with E-state index >= 15 is 0 Å². The van der Waals surface area contributed by atoms with Crippen molar-refractivity contribution in [3.8, 4) is 0 Å². The summed E-state index contributed by atoms with van der Waals surface area (Å²) in [4.78, 5) is 8.15. The molecule has 1 N–H and O–H groups in total. The quantitative estimate of drug-likeness (QED) is 0.723. The van der Waals surface area contributed by atoms with Crippen LogP contribution >= 0.6 is 0 Å². The summed E-state index contributed by atoms with van der Waals surface area (Å²) in [6, 6.07) is 0. The van der Waals surface area contributed by atoms with Crippen molar-refractivity contribution in [3.05, 3.63) is 30.4 Å². The molecule has 1 rings (SSSR count). The Hall–Kier alpha value is -1.22. The zero-order valence-corrected chi connectivity index (χ0v) is 9.48. The van der Waals surface area contributed by atoms with E-state index in [1.807, 2.05) is 6.08 Å². The highest BCUT2D eigenvalue weighted by Gasteiger charge is 1.90. The van der Waals surface area contributed by atoms with Crippen LogP contribution in [0.2, 0.25) is 0 Å². The molecule has 1 aromatic rings. The standard InChI is InChI=1S/C12H19N3/c1-11(2)9-13-6-4-3-5-12-10-14-7-8-15-12/h3,5,7-8,10-11,13H,4,6,9H2,1-2H3. The molecule has 0 spiro atoms. The lowest BCUT2D eigenvalue weighted by atomic mass is 10.2. The van der Waals surface area contributed by atoms with E-state index in [0.717, 1.165) is 25.2 Å². The van der Waals surface area contributed by atoms with Crippen LogP contribution in [0.4, 0.5) is 0 Å². The average molecular weight is 205 g/mol. The summed E-state index contributed by atoms with van der Waals surface area (Å²) >= 11 is 0. The van der Waals surface area contributed by atoms with Gasteiger partial charge < -0.3 is 5.32 Å². The molecule has 0 aliphatic carbocycles. The molecule has 0 saturated carbocycles. The highest BCUT2D eigenvalue weighted by Crippen LogP contribution is 1.95. The molecule has 3 heteroatoms. The Morgan fingerprint density at radius 2 is 2.27 bits per heavy atom. The number of rotatable bonds is 6. The predicted molar refractivity (Wildman–Crippen MR) is 63.4 cm³/mol. The van der Waals surface area contributed by atoms with Crippen LogP contribution in [0, 0.1) is 5.92 Å². The Bertz CT molecular complexity index is 280. The fourth-order valence-electron chi connectivity index (χ4n) is 1.18. The minimum Gasteiger partial charge on any atom is -0.316 e. The van der Waals surface area contributed by atoms with Gasteiger partial charge in [0.05, 0.1) is 11.9 Å². The zero-order chi connectivity index (χ0) is 10.9. The van der Waals surface area contributed by atoms with Gasteiger partial charge in [-0.1, -0.05) is 19.9 Å². The van der Waals surface area contributed by atoms with Crippen molar-refractivity contribution >= 4 is 6.08 Å². The summed E-state index contributed by atoms with van der Waals surface area (Å²) in [5.74, 6) is 0.717. The average Bonchev–Trinajstić information content (AvgIpc) is 2.24. The van der Waals surface area contributed by atoms with E-state index < -0.39 is 0 Å². The van der Waals surface area contributed by atoms with Crippen LogP contribution in [0.5, 0.6) is 0 Å². The SMILES string of the molecule is CC(C)CNCCC=Cc1cnccn1. The molecule has 0 bridgehead atoms. The molecule has 0 radical (unpaired) electrons. The summed E-state index contributed by atoms with van der Waals surface area (Å²) in [6.07, 6.45) is 10.3. The summed E-state index contributed by atoms with van der Waals surface area (Å²) in [6.45, 7) is 6.53. The number of nitrogens with zero attached hydrogens (tertiary/aromatic N) is 2. The van der Waals surface area contributed by atoms with Gasteiger partial charge in [-0.3, -0.25) is 9.97 Å². The van der Waals surface area contributed by atoms with Crippen molar-refractivity contribution in [2.24, 2.45) is 5.92 Å². The van der Waals surface area contributed by atoms with E-state index in [1.54, 1.807) is 18.6 Å². The smallest absolute Gasteiger partial charge is 0.0809 e. The van der Waals surface area contributed by atoms with Crippen molar-refractivity contribution in [2.45, 2.75) is 20.3 Å². The molecule has 0 saturated heterocycles. The summed E-state index contributed by atoms with van der Waals surface area (Å²) in [7, 11) is 0. The highest BCUT2D eigenvalue weighted by atomic mass is 14.8. The third-order valence-electron chi connectivity index (χ3n) is 1.91. The van der Waals surface area contributed by atoms with Crippen LogP contribution < -0.4 is 5.32 Å². The van der Waals surface area contributed by atoms with Crippen molar-refractivity contribution < 1.29 is 0 Å². The first kappa shape index (κ1) is 11.9. The summed E-state index contributed by atoms with van der Waals surface area (Å²) in [5, 5.41) is 3.38. The molecule has 0 aliphatic heterocycles. The first-order valence-electron chi connectivity index (χ1n) is 5.42. The molecular formula is C12H19N3. The minimum absolute atomic E-state index is 0.717. The van der Waals surface area contributed by atoms with E-state index in [0.29, 0.717) is 5.92 Å². The molecule has 0 aromatic carbocycles. The second-order valence-electron chi connectivity index (χ2n) is 3.92. The van der Waals surface area contributed by atoms with Gasteiger partial charge in [0, 0.05) is 12.4 Å². The lowest BCUT2D eigenvalue weighted by Crippen LogP contribution is -2.20. The second-order valence-corrected chi connectivity index (χ2v) is 3.92. The van der Waals surface area contributed by atoms with E-state index in [1.165, 1.54) is 0 Å². The van der Waals surface area contributed by atoms with Gasteiger partial charge in [-0.15, -0.1) is 0 Å². The minimum atomic E-state index is 0.717. The van der Waals surface area contributed by atoms with Crippen molar-refractivity contribution in [3.63, 3.8) is 0 Å². The highest BCUT2D eigenvalue weighted by molar-refractivity contribution is 5.42. The number of aromatic nitrogens is 2. The Labute approximate surface area is 91.7 Å². The summed E-state index contributed by atoms with van der Waals surface area (Å²) in [5.41, 5.74) is 0.918. The van der Waals surface area contributed by atoms with Crippen LogP contribution in [0.25, 0.3) is 6.08 Å². The third kappa shape index (κ3) is 5.96. The van der Waals surface area contributed by atoms with E-state index in [4.69, 9.17) is 0 Å². The molecule has 15 heavy (non-hydrogen) atoms. The van der Waals surface area contributed by atoms with E-state index in [-0.39, 0.29) is 0 Å². The lowest BCUT2D eigenvalue weighted by molar-refractivity contribution is 0.557. The third-order valence-corrected chi connectivity index (χ3v) is 1.91. The first-order valence-corrected chi connectivity index (χ1v) is 5.42. The first-order chi connectivity index (χ1) is 7.29. The maximum atomic E-state index is 4.16. The van der Waals surface area contributed by atoms with Crippen LogP contribution in [0.1, 0.15) is 26.0 Å². The summed E-state index contributed by atoms with van der Waals surface area (Å²) < 4.78 is 0. The van der Waals surface area contributed by atoms with Gasteiger partial charge in [0.2, 0.25) is 0 Å². The zero-order valence-electron chi connectivity index (χ0n) is 9.48. The van der Waals surface area contributed by atoms with Gasteiger partial charge in [-0.25, -0.2) is 0 Å². The van der Waals surface area contributed by atoms with Crippen LogP contribution in [0.15, 0.2) is 24.7 Å². The maximum Gasteiger partial charge on any atom is 0.0809 e. The Kier molecular flexibility index (Phi) is 5.63. The largest absolute Gasteiger partial charge is 0.316 e. The van der Waals surface area contributed by atoms with Gasteiger partial charge >= 0.3 is 0 Å². The maximum absolute atomic E-state index is 4.16. The molecule has 0 unspecified atom stereocenters. The molecule has 0 amide bonds. The van der Waals surface area contributed by atoms with Gasteiger partial charge in [-0.2, -0.15) is 0 Å². The Morgan fingerprint density at radius 3 is 2.93 bits per heavy atom. The number of hydrogen-bond acceptors (Lipinski definition) is 3. The van der Waals surface area contributed by atoms with E-state index in [9.17, 15) is 0 Å². The molecule has 1 heterocycles. The molecule has 0 fully saturated rings. The second kappa shape index (κ2) is 7.12. The molecule has 1 aromatic heterocycles. The normalized spacial score (nSPS) is 11.4. The van der Waals surface area contributed by atoms with Crippen molar-refractivity contribution in [2.75, 3.05) is 13.1 Å². The Balaban J connectivity index is 2.12. The Morgan fingerprint density at radius 1 is 1.40 bits per heavy atom. The lowest BCUT2D eigenvalue weighted by Gasteiger charge is -2.04. The fraction of sp³-hybridized carbons (Fsp3) is 0.500. The monoisotopic (exact) mass is 205 g/mol. The van der Waals surface area contributed by atoms with Crippen molar-refractivity contribution in [1.82, 2.24) is 15.3 Å². The number of nitrogens with one attached hydrogen (secondary N) is 1. The van der Waals surface area contributed by atoms with Crippen LogP contribution in [-0.2, 0) is 0 Å². The molecular weight excluding hydrogens is 186 g/mol. The molecule has 0 aliphatic rings. The molecule has 0 atom stereocenters. The van der Waals surface area contributed by atoms with Crippen molar-refractivity contribution in [1.29, 1.82) is 0 Å². The van der Waals surface area contributed by atoms with Gasteiger partial charge in [0.1, 0.15) is 0 Å². The van der Waals surface area contributed by atoms with Gasteiger partial charge in [0.15, 0.2) is 0 Å². The molecule has 3 nitrogen and oxygen atoms in total. The fourth-order valence-corrected chi connectivity index (χ4v) is 1.18. The van der Waals surface area contributed by atoms with Crippen LogP contribution in [0.3, 0.4) is 0 Å². The number of hydrogen-bond donors (Lipinski definition) is 1. The van der Waals surface area contributed by atoms with E-state index in [2.05, 4.69) is 35.2 Å². The topological polar surface area (TPSA) is 37.8 Å².